The van der Waals surface area contributed by atoms with Gasteiger partial charge in [0.05, 0.1) is 28.1 Å². The van der Waals surface area contributed by atoms with Crippen molar-refractivity contribution in [3.05, 3.63) is 63.4 Å². The van der Waals surface area contributed by atoms with Crippen LogP contribution in [0.1, 0.15) is 17.3 Å². The summed E-state index contributed by atoms with van der Waals surface area (Å²) in [6.45, 7) is 2.00. The topological polar surface area (TPSA) is 72.0 Å². The van der Waals surface area contributed by atoms with E-state index in [4.69, 9.17) is 16.3 Å². The maximum Gasteiger partial charge on any atom is 0.339 e. The number of para-hydroxylation sites is 1. The highest BCUT2D eigenvalue weighted by Crippen LogP contribution is 2.24. The fourth-order valence-corrected chi connectivity index (χ4v) is 2.52. The highest BCUT2D eigenvalue weighted by Gasteiger charge is 2.13. The first-order valence-electron chi connectivity index (χ1n) is 7.06. The number of H-pyrrole nitrogens is 1. The van der Waals surface area contributed by atoms with Gasteiger partial charge in [-0.3, -0.25) is 4.79 Å². The molecule has 0 amide bonds. The quantitative estimate of drug-likeness (QED) is 0.748. The maximum absolute atomic E-state index is 12.1. The van der Waals surface area contributed by atoms with Crippen LogP contribution in [0.15, 0.2) is 47.3 Å². The number of nitrogens with one attached hydrogen (secondary N) is 1. The number of carbonyl (C=O) groups is 1. The summed E-state index contributed by atoms with van der Waals surface area (Å²) in [4.78, 5) is 31.0. The lowest BCUT2D eigenvalue weighted by Gasteiger charge is -2.07. The van der Waals surface area contributed by atoms with Crippen LogP contribution in [0.3, 0.4) is 0 Å². The Hall–Kier alpha value is -2.66. The van der Waals surface area contributed by atoms with Crippen molar-refractivity contribution >= 4 is 28.5 Å². The first-order valence-corrected chi connectivity index (χ1v) is 7.44. The van der Waals surface area contributed by atoms with E-state index in [-0.39, 0.29) is 22.8 Å². The molecule has 3 aromatic rings. The van der Waals surface area contributed by atoms with Gasteiger partial charge in [0.15, 0.2) is 0 Å². The van der Waals surface area contributed by atoms with Crippen molar-refractivity contribution in [3.63, 3.8) is 0 Å². The zero-order valence-corrected chi connectivity index (χ0v) is 13.1. The average molecular weight is 329 g/mol. The summed E-state index contributed by atoms with van der Waals surface area (Å²) in [7, 11) is 0. The van der Waals surface area contributed by atoms with E-state index in [0.717, 1.165) is 0 Å². The summed E-state index contributed by atoms with van der Waals surface area (Å²) < 4.78 is 4.93. The summed E-state index contributed by atoms with van der Waals surface area (Å²) in [5.74, 6) is -0.0879. The SMILES string of the molecule is CCOC(=O)c1ccc(-c2nc3ccccc3c(=O)[nH]2)cc1Cl. The Morgan fingerprint density at radius 3 is 2.78 bits per heavy atom. The molecule has 0 bridgehead atoms. The lowest BCUT2D eigenvalue weighted by molar-refractivity contribution is 0.0526. The highest BCUT2D eigenvalue weighted by molar-refractivity contribution is 6.33. The van der Waals surface area contributed by atoms with Crippen molar-refractivity contribution in [2.24, 2.45) is 0 Å². The van der Waals surface area contributed by atoms with Gasteiger partial charge in [0.25, 0.3) is 5.56 Å². The number of hydrogen-bond donors (Lipinski definition) is 1. The first kappa shape index (κ1) is 15.2. The minimum absolute atomic E-state index is 0.226. The predicted molar refractivity (Wildman–Crippen MR) is 88.8 cm³/mol. The van der Waals surface area contributed by atoms with Crippen molar-refractivity contribution in [1.82, 2.24) is 9.97 Å². The van der Waals surface area contributed by atoms with Gasteiger partial charge in [-0.1, -0.05) is 29.8 Å². The number of aromatic nitrogens is 2. The second-order valence-corrected chi connectivity index (χ2v) is 5.25. The van der Waals surface area contributed by atoms with E-state index in [1.54, 1.807) is 43.3 Å². The molecule has 23 heavy (non-hydrogen) atoms. The van der Waals surface area contributed by atoms with Gasteiger partial charge in [0.2, 0.25) is 0 Å². The Morgan fingerprint density at radius 1 is 1.26 bits per heavy atom. The van der Waals surface area contributed by atoms with Crippen LogP contribution in [0.2, 0.25) is 5.02 Å². The molecule has 0 fully saturated rings. The monoisotopic (exact) mass is 328 g/mol. The van der Waals surface area contributed by atoms with E-state index in [2.05, 4.69) is 9.97 Å². The molecule has 0 saturated heterocycles. The fraction of sp³-hybridized carbons (Fsp3) is 0.118. The molecule has 1 aromatic heterocycles. The lowest BCUT2D eigenvalue weighted by atomic mass is 10.1. The van der Waals surface area contributed by atoms with Gasteiger partial charge < -0.3 is 9.72 Å². The normalized spacial score (nSPS) is 10.7. The zero-order chi connectivity index (χ0) is 16.4. The van der Waals surface area contributed by atoms with Crippen molar-refractivity contribution in [3.8, 4) is 11.4 Å². The zero-order valence-electron chi connectivity index (χ0n) is 12.3. The van der Waals surface area contributed by atoms with Crippen molar-refractivity contribution in [2.45, 2.75) is 6.92 Å². The van der Waals surface area contributed by atoms with Crippen molar-refractivity contribution < 1.29 is 9.53 Å². The number of aromatic amines is 1. The highest BCUT2D eigenvalue weighted by atomic mass is 35.5. The molecule has 0 atom stereocenters. The molecule has 116 valence electrons. The molecule has 1 heterocycles. The van der Waals surface area contributed by atoms with Gasteiger partial charge in [-0.15, -0.1) is 0 Å². The fourth-order valence-electron chi connectivity index (χ4n) is 2.26. The first-order chi connectivity index (χ1) is 11.1. The molecule has 0 radical (unpaired) electrons. The predicted octanol–water partition coefficient (Wildman–Crippen LogP) is 3.42. The summed E-state index contributed by atoms with van der Waals surface area (Å²) in [6.07, 6.45) is 0. The number of ether oxygens (including phenoxy) is 1. The summed E-state index contributed by atoms with van der Waals surface area (Å²) in [5, 5.41) is 0.766. The molecule has 1 N–H and O–H groups in total. The molecular formula is C17H13ClN2O3. The summed E-state index contributed by atoms with van der Waals surface area (Å²) >= 11 is 6.15. The van der Waals surface area contributed by atoms with Crippen molar-refractivity contribution in [1.29, 1.82) is 0 Å². The Balaban J connectivity index is 2.07. The number of nitrogens with zero attached hydrogens (tertiary/aromatic N) is 1. The summed E-state index contributed by atoms with van der Waals surface area (Å²) in [5.41, 5.74) is 1.26. The van der Waals surface area contributed by atoms with Gasteiger partial charge >= 0.3 is 5.97 Å². The Morgan fingerprint density at radius 2 is 2.04 bits per heavy atom. The van der Waals surface area contributed by atoms with Gasteiger partial charge in [-0.05, 0) is 31.2 Å². The number of carbonyl (C=O) groups excluding carboxylic acids is 1. The molecule has 3 rings (SSSR count). The molecule has 0 aliphatic rings. The minimum atomic E-state index is -0.482. The van der Waals surface area contributed by atoms with E-state index in [1.165, 1.54) is 0 Å². The van der Waals surface area contributed by atoms with Crippen LogP contribution in [0, 0.1) is 0 Å². The standard InChI is InChI=1S/C17H13ClN2O3/c1-2-23-17(22)11-8-7-10(9-13(11)18)15-19-14-6-4-3-5-12(14)16(21)20-15/h3-9H,2H2,1H3,(H,19,20,21). The van der Waals surface area contributed by atoms with E-state index in [9.17, 15) is 9.59 Å². The van der Waals surface area contributed by atoms with E-state index in [0.29, 0.717) is 22.3 Å². The largest absolute Gasteiger partial charge is 0.462 e. The van der Waals surface area contributed by atoms with Gasteiger partial charge in [-0.2, -0.15) is 0 Å². The van der Waals surface area contributed by atoms with Crippen LogP contribution in [-0.2, 0) is 4.74 Å². The molecule has 2 aromatic carbocycles. The Bertz CT molecular complexity index is 950. The number of halogens is 1. The third kappa shape index (κ3) is 2.96. The van der Waals surface area contributed by atoms with Crippen LogP contribution in [-0.4, -0.2) is 22.5 Å². The maximum atomic E-state index is 12.1. The molecule has 6 heteroatoms. The van der Waals surface area contributed by atoms with Gasteiger partial charge in [-0.25, -0.2) is 9.78 Å². The summed E-state index contributed by atoms with van der Waals surface area (Å²) in [6, 6.07) is 11.9. The molecule has 0 aliphatic carbocycles. The molecular weight excluding hydrogens is 316 g/mol. The van der Waals surface area contributed by atoms with E-state index in [1.807, 2.05) is 6.07 Å². The number of fused-ring (bicyclic) bond motifs is 1. The minimum Gasteiger partial charge on any atom is -0.462 e. The average Bonchev–Trinajstić information content (AvgIpc) is 2.55. The van der Waals surface area contributed by atoms with Crippen molar-refractivity contribution in [2.75, 3.05) is 6.61 Å². The Labute approximate surface area is 136 Å². The molecule has 5 nitrogen and oxygen atoms in total. The van der Waals surface area contributed by atoms with Crippen LogP contribution < -0.4 is 5.56 Å². The molecule has 0 unspecified atom stereocenters. The number of benzene rings is 2. The van der Waals surface area contributed by atoms with Gasteiger partial charge in [0, 0.05) is 5.56 Å². The number of hydrogen-bond acceptors (Lipinski definition) is 4. The second kappa shape index (κ2) is 6.22. The van der Waals surface area contributed by atoms with Crippen LogP contribution >= 0.6 is 11.6 Å². The second-order valence-electron chi connectivity index (χ2n) is 4.85. The van der Waals surface area contributed by atoms with Crippen LogP contribution in [0.25, 0.3) is 22.3 Å². The Kier molecular flexibility index (Phi) is 4.12. The van der Waals surface area contributed by atoms with Crippen LogP contribution in [0.4, 0.5) is 0 Å². The molecule has 0 aliphatic heterocycles. The smallest absolute Gasteiger partial charge is 0.339 e. The van der Waals surface area contributed by atoms with E-state index >= 15 is 0 Å². The van der Waals surface area contributed by atoms with Crippen LogP contribution in [0.5, 0.6) is 0 Å². The van der Waals surface area contributed by atoms with E-state index < -0.39 is 5.97 Å². The number of esters is 1. The van der Waals surface area contributed by atoms with Gasteiger partial charge in [0.1, 0.15) is 5.82 Å². The lowest BCUT2D eigenvalue weighted by Crippen LogP contribution is -2.10. The molecule has 0 spiro atoms. The third-order valence-corrected chi connectivity index (χ3v) is 3.66. The third-order valence-electron chi connectivity index (χ3n) is 3.35. The molecule has 0 saturated carbocycles. The number of rotatable bonds is 3.